The van der Waals surface area contributed by atoms with E-state index >= 15 is 0 Å². The van der Waals surface area contributed by atoms with Gasteiger partial charge in [-0.05, 0) is 60.4 Å². The van der Waals surface area contributed by atoms with Gasteiger partial charge in [0, 0.05) is 41.2 Å². The Morgan fingerprint density at radius 2 is 1.65 bits per heavy atom. The molecule has 1 aliphatic rings. The molecule has 0 atom stereocenters. The van der Waals surface area contributed by atoms with Gasteiger partial charge in [-0.3, -0.25) is 0 Å². The highest BCUT2D eigenvalue weighted by molar-refractivity contribution is 7.97. The normalized spacial score (nSPS) is 14.0. The number of hydrazone groups is 1. The van der Waals surface area contributed by atoms with Crippen LogP contribution in [0.1, 0.15) is 29.5 Å². The number of phenolic OH excluding ortho intramolecular Hbond substituents is 1. The third-order valence-corrected chi connectivity index (χ3v) is 5.82. The van der Waals surface area contributed by atoms with Crippen LogP contribution in [0, 0.1) is 5.82 Å². The van der Waals surface area contributed by atoms with Crippen molar-refractivity contribution in [2.45, 2.75) is 17.7 Å². The molecule has 1 saturated heterocycles. The fourth-order valence-electron chi connectivity index (χ4n) is 3.46. The first kappa shape index (κ1) is 21.0. The summed E-state index contributed by atoms with van der Waals surface area (Å²) in [6.45, 7) is 2.23. The molecule has 2 N–H and O–H groups in total. The molecule has 6 heteroatoms. The first-order chi connectivity index (χ1) is 15.2. The molecule has 4 rings (SSSR count). The van der Waals surface area contributed by atoms with Gasteiger partial charge in [0.2, 0.25) is 0 Å². The fourth-order valence-corrected chi connectivity index (χ4v) is 3.97. The lowest BCUT2D eigenvalue weighted by Crippen LogP contribution is -2.17. The minimum atomic E-state index is -0.677. The summed E-state index contributed by atoms with van der Waals surface area (Å²) in [5.41, 5.74) is 3.23. The molecule has 0 unspecified atom stereocenters. The Hall–Kier alpha value is -3.25. The predicted octanol–water partition coefficient (Wildman–Crippen LogP) is 5.93. The number of anilines is 1. The number of phenols is 1. The van der Waals surface area contributed by atoms with Crippen molar-refractivity contribution in [2.24, 2.45) is 5.10 Å². The molecule has 3 aromatic rings. The van der Waals surface area contributed by atoms with Gasteiger partial charge >= 0.3 is 0 Å². The van der Waals surface area contributed by atoms with Crippen molar-refractivity contribution in [1.82, 2.24) is 4.83 Å². The van der Waals surface area contributed by atoms with Crippen LogP contribution < -0.4 is 9.73 Å². The molecular formula is C25H24FN3OS. The van der Waals surface area contributed by atoms with Gasteiger partial charge < -0.3 is 10.0 Å². The second kappa shape index (κ2) is 10.2. The fraction of sp³-hybridized carbons (Fsp3) is 0.160. The SMILES string of the molecule is Oc1c(F)cc(/C=C/c2ccc(N3CCCC3)cc2)cc1/C=N/NSc1ccccc1. The van der Waals surface area contributed by atoms with Gasteiger partial charge in [0.25, 0.3) is 0 Å². The lowest BCUT2D eigenvalue weighted by molar-refractivity contribution is 0.431. The van der Waals surface area contributed by atoms with E-state index in [1.165, 1.54) is 42.8 Å². The van der Waals surface area contributed by atoms with Crippen molar-refractivity contribution in [2.75, 3.05) is 18.0 Å². The van der Waals surface area contributed by atoms with Crippen LogP contribution in [0.4, 0.5) is 10.1 Å². The predicted molar refractivity (Wildman–Crippen MR) is 128 cm³/mol. The topological polar surface area (TPSA) is 47.9 Å². The maximum Gasteiger partial charge on any atom is 0.166 e. The summed E-state index contributed by atoms with van der Waals surface area (Å²) in [6.07, 6.45) is 7.68. The van der Waals surface area contributed by atoms with E-state index in [2.05, 4.69) is 39.1 Å². The monoisotopic (exact) mass is 433 g/mol. The van der Waals surface area contributed by atoms with Crippen LogP contribution in [-0.4, -0.2) is 24.4 Å². The van der Waals surface area contributed by atoms with Gasteiger partial charge in [-0.2, -0.15) is 5.10 Å². The summed E-state index contributed by atoms with van der Waals surface area (Å²) in [7, 11) is 0. The average Bonchev–Trinajstić information content (AvgIpc) is 3.34. The van der Waals surface area contributed by atoms with Crippen LogP contribution in [0.15, 0.2) is 76.7 Å². The zero-order valence-corrected chi connectivity index (χ0v) is 17.9. The molecule has 0 aromatic heterocycles. The van der Waals surface area contributed by atoms with E-state index in [-0.39, 0.29) is 0 Å². The summed E-state index contributed by atoms with van der Waals surface area (Å²) >= 11 is 1.33. The molecule has 3 aromatic carbocycles. The molecule has 1 fully saturated rings. The Labute approximate surface area is 186 Å². The number of aromatic hydroxyl groups is 1. The quantitative estimate of drug-likeness (QED) is 0.210. The molecule has 4 nitrogen and oxygen atoms in total. The highest BCUT2D eigenvalue weighted by atomic mass is 32.2. The number of benzene rings is 3. The van der Waals surface area contributed by atoms with Gasteiger partial charge in [0.1, 0.15) is 0 Å². The van der Waals surface area contributed by atoms with Gasteiger partial charge in [0.15, 0.2) is 11.6 Å². The van der Waals surface area contributed by atoms with E-state index in [0.717, 1.165) is 23.5 Å². The molecule has 0 amide bonds. The highest BCUT2D eigenvalue weighted by Crippen LogP contribution is 2.24. The number of hydrogen-bond acceptors (Lipinski definition) is 5. The summed E-state index contributed by atoms with van der Waals surface area (Å²) < 4.78 is 14.2. The van der Waals surface area contributed by atoms with E-state index in [9.17, 15) is 9.50 Å². The van der Waals surface area contributed by atoms with Crippen molar-refractivity contribution in [3.05, 3.63) is 89.2 Å². The maximum absolute atomic E-state index is 14.2. The van der Waals surface area contributed by atoms with Crippen LogP contribution in [0.2, 0.25) is 0 Å². The lowest BCUT2D eigenvalue weighted by atomic mass is 10.1. The molecular weight excluding hydrogens is 409 g/mol. The third kappa shape index (κ3) is 5.67. The minimum absolute atomic E-state index is 0.310. The molecule has 0 aliphatic carbocycles. The number of halogens is 1. The van der Waals surface area contributed by atoms with Gasteiger partial charge in [-0.1, -0.05) is 42.5 Å². The molecule has 1 aliphatic heterocycles. The largest absolute Gasteiger partial charge is 0.504 e. The Kier molecular flexibility index (Phi) is 6.89. The number of rotatable bonds is 7. The maximum atomic E-state index is 14.2. The molecule has 0 radical (unpaired) electrons. The number of nitrogens with one attached hydrogen (secondary N) is 1. The van der Waals surface area contributed by atoms with Crippen molar-refractivity contribution in [1.29, 1.82) is 0 Å². The van der Waals surface area contributed by atoms with Gasteiger partial charge in [0.05, 0.1) is 6.21 Å². The van der Waals surface area contributed by atoms with Crippen LogP contribution in [-0.2, 0) is 0 Å². The summed E-state index contributed by atoms with van der Waals surface area (Å²) in [5, 5.41) is 14.1. The minimum Gasteiger partial charge on any atom is -0.504 e. The molecule has 158 valence electrons. The summed E-state index contributed by atoms with van der Waals surface area (Å²) in [5.74, 6) is -1.09. The van der Waals surface area contributed by atoms with Crippen LogP contribution in [0.25, 0.3) is 12.2 Å². The number of hydrogen-bond donors (Lipinski definition) is 2. The third-order valence-electron chi connectivity index (χ3n) is 5.11. The zero-order valence-electron chi connectivity index (χ0n) is 17.0. The zero-order chi connectivity index (χ0) is 21.5. The first-order valence-electron chi connectivity index (χ1n) is 10.2. The molecule has 0 bridgehead atoms. The van der Waals surface area contributed by atoms with Gasteiger partial charge in [-0.15, -0.1) is 0 Å². The Bertz CT molecular complexity index is 1060. The Morgan fingerprint density at radius 3 is 2.39 bits per heavy atom. The smallest absolute Gasteiger partial charge is 0.166 e. The molecule has 31 heavy (non-hydrogen) atoms. The molecule has 0 saturated carbocycles. The van der Waals surface area contributed by atoms with Crippen molar-refractivity contribution in [3.63, 3.8) is 0 Å². The second-order valence-electron chi connectivity index (χ2n) is 7.32. The van der Waals surface area contributed by atoms with Crippen LogP contribution in [0.3, 0.4) is 0 Å². The van der Waals surface area contributed by atoms with E-state index < -0.39 is 11.6 Å². The Balaban J connectivity index is 1.42. The summed E-state index contributed by atoms with van der Waals surface area (Å²) in [4.78, 5) is 6.22. The highest BCUT2D eigenvalue weighted by Gasteiger charge is 2.11. The van der Waals surface area contributed by atoms with Gasteiger partial charge in [-0.25, -0.2) is 9.22 Å². The van der Waals surface area contributed by atoms with E-state index in [0.29, 0.717) is 11.1 Å². The standard InChI is InChI=1S/C25H24FN3OS/c26-24-17-20(9-8-19-10-12-22(13-11-19)29-14-4-5-15-29)16-21(25(24)30)18-27-28-31-23-6-2-1-3-7-23/h1-3,6-13,16-18,28,30H,4-5,14-15H2/b9-8+,27-18+. The molecule has 1 heterocycles. The average molecular weight is 434 g/mol. The summed E-state index contributed by atoms with van der Waals surface area (Å²) in [6, 6.07) is 21.1. The van der Waals surface area contributed by atoms with Crippen LogP contribution >= 0.6 is 11.9 Å². The first-order valence-corrected chi connectivity index (χ1v) is 11.1. The lowest BCUT2D eigenvalue weighted by Gasteiger charge is -2.17. The van der Waals surface area contributed by atoms with Crippen molar-refractivity contribution in [3.8, 4) is 5.75 Å². The van der Waals surface area contributed by atoms with E-state index in [1.54, 1.807) is 6.07 Å². The number of nitrogens with zero attached hydrogens (tertiary/aromatic N) is 2. The van der Waals surface area contributed by atoms with Crippen molar-refractivity contribution < 1.29 is 9.50 Å². The second-order valence-corrected chi connectivity index (χ2v) is 8.18. The van der Waals surface area contributed by atoms with E-state index in [1.807, 2.05) is 42.5 Å². The van der Waals surface area contributed by atoms with Crippen LogP contribution in [0.5, 0.6) is 5.75 Å². The van der Waals surface area contributed by atoms with Crippen molar-refractivity contribution >= 4 is 36.0 Å². The Morgan fingerprint density at radius 1 is 0.935 bits per heavy atom. The van der Waals surface area contributed by atoms with E-state index in [4.69, 9.17) is 0 Å². The molecule has 0 spiro atoms.